The van der Waals surface area contributed by atoms with E-state index in [1.165, 1.54) is 10.8 Å². The van der Waals surface area contributed by atoms with Gasteiger partial charge in [-0.1, -0.05) is 80.6 Å². The van der Waals surface area contributed by atoms with Crippen molar-refractivity contribution in [3.05, 3.63) is 102 Å². The van der Waals surface area contributed by atoms with Crippen LogP contribution in [-0.4, -0.2) is 76.5 Å². The van der Waals surface area contributed by atoms with E-state index in [1.807, 2.05) is 42.3 Å². The minimum Gasteiger partial charge on any atom is -0.379 e. The summed E-state index contributed by atoms with van der Waals surface area (Å²) in [5, 5.41) is 17.5. The number of hydrogen-bond acceptors (Lipinski definition) is 9. The molecule has 5 aromatic rings. The number of hydrogen-bond donors (Lipinski definition) is 2. The minimum absolute atomic E-state index is 0.00134. The SMILES string of the molecule is CC(NC(=O)CCOCCOCCOCc1cn(CCCNc2ncc(-c3cccnc3)cc2/C=C/c2ccc3ccccc3c2)nn1)C(C)(C)C. The fourth-order valence-corrected chi connectivity index (χ4v) is 5.22. The molecule has 274 valence electrons. The Kier molecular flexibility index (Phi) is 14.4. The van der Waals surface area contributed by atoms with Gasteiger partial charge < -0.3 is 24.8 Å². The zero-order valence-corrected chi connectivity index (χ0v) is 30.8. The third kappa shape index (κ3) is 12.4. The molecule has 11 nitrogen and oxygen atoms in total. The summed E-state index contributed by atoms with van der Waals surface area (Å²) in [4.78, 5) is 21.1. The van der Waals surface area contributed by atoms with Gasteiger partial charge in [-0.25, -0.2) is 4.98 Å². The molecule has 1 amide bonds. The van der Waals surface area contributed by atoms with Crippen molar-refractivity contribution in [2.45, 2.75) is 59.7 Å². The largest absolute Gasteiger partial charge is 0.379 e. The summed E-state index contributed by atoms with van der Waals surface area (Å²) < 4.78 is 18.6. The number of fused-ring (bicyclic) bond motifs is 1. The first-order valence-corrected chi connectivity index (χ1v) is 18.0. The fourth-order valence-electron chi connectivity index (χ4n) is 5.22. The number of pyridine rings is 2. The van der Waals surface area contributed by atoms with E-state index in [0.29, 0.717) is 59.2 Å². The van der Waals surface area contributed by atoms with Gasteiger partial charge in [-0.2, -0.15) is 0 Å². The maximum absolute atomic E-state index is 12.0. The topological polar surface area (TPSA) is 125 Å². The van der Waals surface area contributed by atoms with Crippen LogP contribution in [0.25, 0.3) is 34.1 Å². The van der Waals surface area contributed by atoms with Gasteiger partial charge >= 0.3 is 0 Å². The zero-order chi connectivity index (χ0) is 36.6. The zero-order valence-electron chi connectivity index (χ0n) is 30.8. The Labute approximate surface area is 306 Å². The number of ether oxygens (including phenoxy) is 3. The second kappa shape index (κ2) is 19.6. The lowest BCUT2D eigenvalue weighted by atomic mass is 9.88. The number of amides is 1. The Morgan fingerprint density at radius 3 is 2.46 bits per heavy atom. The lowest BCUT2D eigenvalue weighted by Gasteiger charge is -2.28. The molecule has 3 heterocycles. The van der Waals surface area contributed by atoms with Crippen molar-refractivity contribution in [1.82, 2.24) is 30.3 Å². The number of carbonyl (C=O) groups is 1. The Hall–Kier alpha value is -4.97. The van der Waals surface area contributed by atoms with E-state index >= 15 is 0 Å². The van der Waals surface area contributed by atoms with Crippen LogP contribution in [0.4, 0.5) is 5.82 Å². The molecule has 0 radical (unpaired) electrons. The molecule has 0 spiro atoms. The lowest BCUT2D eigenvalue weighted by molar-refractivity contribution is -0.123. The Balaban J connectivity index is 1.00. The van der Waals surface area contributed by atoms with Crippen LogP contribution in [0, 0.1) is 5.41 Å². The predicted octanol–water partition coefficient (Wildman–Crippen LogP) is 7.05. The quantitative estimate of drug-likeness (QED) is 0.0820. The Morgan fingerprint density at radius 2 is 1.67 bits per heavy atom. The van der Waals surface area contributed by atoms with Crippen LogP contribution in [0.3, 0.4) is 0 Å². The van der Waals surface area contributed by atoms with Crippen LogP contribution in [-0.2, 0) is 32.2 Å². The van der Waals surface area contributed by atoms with Gasteiger partial charge in [0.15, 0.2) is 0 Å². The normalized spacial score (nSPS) is 12.4. The summed E-state index contributed by atoms with van der Waals surface area (Å²) in [7, 11) is 0. The molecule has 1 atom stereocenters. The molecule has 52 heavy (non-hydrogen) atoms. The van der Waals surface area contributed by atoms with E-state index in [2.05, 4.69) is 107 Å². The van der Waals surface area contributed by atoms with Crippen molar-refractivity contribution < 1.29 is 19.0 Å². The summed E-state index contributed by atoms with van der Waals surface area (Å²) in [5.74, 6) is 0.821. The lowest BCUT2D eigenvalue weighted by Crippen LogP contribution is -2.41. The summed E-state index contributed by atoms with van der Waals surface area (Å²) in [5.41, 5.74) is 4.94. The predicted molar refractivity (Wildman–Crippen MR) is 206 cm³/mol. The highest BCUT2D eigenvalue weighted by Crippen LogP contribution is 2.25. The summed E-state index contributed by atoms with van der Waals surface area (Å²) in [6.07, 6.45) is 12.8. The van der Waals surface area contributed by atoms with Gasteiger partial charge in [0, 0.05) is 60.8 Å². The standard InChI is InChI=1S/C41H51N7O4/c1-31(41(2,3)4)45-39(49)16-20-50-21-22-51-23-24-52-30-38-29-48(47-46-38)19-8-18-43-40-35(26-37(28-44-40)36-11-7-17-42-27-36)15-13-32-12-14-33-9-5-6-10-34(33)25-32/h5-7,9-15,17,25-29,31H,8,16,18-24,30H2,1-4H3,(H,43,44)(H,45,49)/b15-13+. The van der Waals surface area contributed by atoms with Gasteiger partial charge in [0.05, 0.1) is 45.8 Å². The number of anilines is 1. The van der Waals surface area contributed by atoms with E-state index in [-0.39, 0.29) is 17.4 Å². The van der Waals surface area contributed by atoms with Crippen molar-refractivity contribution in [3.8, 4) is 11.1 Å². The van der Waals surface area contributed by atoms with Crippen molar-refractivity contribution in [3.63, 3.8) is 0 Å². The molecule has 0 aliphatic rings. The first kappa shape index (κ1) is 38.3. The van der Waals surface area contributed by atoms with Crippen molar-refractivity contribution >= 4 is 34.6 Å². The summed E-state index contributed by atoms with van der Waals surface area (Å²) in [6, 6.07) is 21.1. The third-order valence-electron chi connectivity index (χ3n) is 8.73. The second-order valence-electron chi connectivity index (χ2n) is 13.8. The van der Waals surface area contributed by atoms with E-state index in [1.54, 1.807) is 6.20 Å². The van der Waals surface area contributed by atoms with Gasteiger partial charge in [-0.05, 0) is 53.3 Å². The van der Waals surface area contributed by atoms with Gasteiger partial charge in [0.1, 0.15) is 11.5 Å². The van der Waals surface area contributed by atoms with Crippen molar-refractivity contribution in [2.75, 3.05) is 44.9 Å². The molecule has 0 aliphatic carbocycles. The molecule has 2 aromatic carbocycles. The smallest absolute Gasteiger partial charge is 0.222 e. The maximum Gasteiger partial charge on any atom is 0.222 e. The summed E-state index contributed by atoms with van der Waals surface area (Å²) >= 11 is 0. The van der Waals surface area contributed by atoms with Crippen LogP contribution < -0.4 is 10.6 Å². The Morgan fingerprint density at radius 1 is 0.885 bits per heavy atom. The van der Waals surface area contributed by atoms with E-state index in [4.69, 9.17) is 19.2 Å². The molecule has 0 saturated carbocycles. The van der Waals surface area contributed by atoms with E-state index < -0.39 is 0 Å². The fraction of sp³-hybridized carbons (Fsp3) is 0.390. The number of carbonyl (C=O) groups excluding carboxylic acids is 1. The highest BCUT2D eigenvalue weighted by atomic mass is 16.5. The van der Waals surface area contributed by atoms with Crippen LogP contribution in [0.5, 0.6) is 0 Å². The van der Waals surface area contributed by atoms with Crippen molar-refractivity contribution in [2.24, 2.45) is 5.41 Å². The monoisotopic (exact) mass is 705 g/mol. The molecular weight excluding hydrogens is 654 g/mol. The first-order valence-electron chi connectivity index (χ1n) is 18.0. The molecular formula is C41H51N7O4. The number of nitrogens with one attached hydrogen (secondary N) is 2. The molecule has 5 rings (SSSR count). The molecule has 0 saturated heterocycles. The average Bonchev–Trinajstić information content (AvgIpc) is 3.60. The number of nitrogens with zero attached hydrogens (tertiary/aromatic N) is 5. The molecule has 3 aromatic heterocycles. The van der Waals surface area contributed by atoms with Crippen LogP contribution in [0.2, 0.25) is 0 Å². The number of aromatic nitrogens is 5. The molecule has 2 N–H and O–H groups in total. The van der Waals surface area contributed by atoms with Gasteiger partial charge in [-0.3, -0.25) is 14.5 Å². The molecule has 0 fully saturated rings. The van der Waals surface area contributed by atoms with Crippen molar-refractivity contribution in [1.29, 1.82) is 0 Å². The van der Waals surface area contributed by atoms with Gasteiger partial charge in [-0.15, -0.1) is 5.10 Å². The number of aryl methyl sites for hydroxylation is 1. The van der Waals surface area contributed by atoms with Gasteiger partial charge in [0.2, 0.25) is 5.91 Å². The maximum atomic E-state index is 12.0. The molecule has 1 unspecified atom stereocenters. The van der Waals surface area contributed by atoms with Gasteiger partial charge in [0.25, 0.3) is 0 Å². The third-order valence-corrected chi connectivity index (χ3v) is 8.73. The highest BCUT2D eigenvalue weighted by molar-refractivity contribution is 5.87. The highest BCUT2D eigenvalue weighted by Gasteiger charge is 2.21. The first-order chi connectivity index (χ1) is 25.2. The molecule has 0 aliphatic heterocycles. The Bertz CT molecular complexity index is 1870. The summed E-state index contributed by atoms with van der Waals surface area (Å²) in [6.45, 7) is 12.2. The number of benzene rings is 2. The molecule has 11 heteroatoms. The van der Waals surface area contributed by atoms with Crippen LogP contribution in [0.15, 0.2) is 85.5 Å². The minimum atomic E-state index is 0.00134. The van der Waals surface area contributed by atoms with Crippen LogP contribution in [0.1, 0.15) is 57.4 Å². The number of rotatable bonds is 20. The average molecular weight is 706 g/mol. The van der Waals surface area contributed by atoms with E-state index in [9.17, 15) is 4.79 Å². The van der Waals surface area contributed by atoms with Crippen LogP contribution >= 0.6 is 0 Å². The molecule has 0 bridgehead atoms. The second-order valence-corrected chi connectivity index (χ2v) is 13.8. The van der Waals surface area contributed by atoms with E-state index in [0.717, 1.165) is 40.2 Å².